The van der Waals surface area contributed by atoms with Crippen LogP contribution in [0, 0.1) is 0 Å². The van der Waals surface area contributed by atoms with Crippen LogP contribution in [0.15, 0.2) is 24.3 Å². The van der Waals surface area contributed by atoms with Gasteiger partial charge in [0.25, 0.3) is 0 Å². The maximum atomic E-state index is 11.8. The molecule has 0 aliphatic heterocycles. The van der Waals surface area contributed by atoms with Gasteiger partial charge in [-0.3, -0.25) is 4.79 Å². The first-order valence-corrected chi connectivity index (χ1v) is 5.38. The van der Waals surface area contributed by atoms with Crippen LogP contribution in [0.3, 0.4) is 0 Å². The Morgan fingerprint density at radius 2 is 1.88 bits per heavy atom. The van der Waals surface area contributed by atoms with E-state index < -0.39 is 5.60 Å². The van der Waals surface area contributed by atoms with Crippen molar-refractivity contribution < 1.29 is 9.53 Å². The van der Waals surface area contributed by atoms with Crippen molar-refractivity contribution in [3.63, 3.8) is 0 Å². The van der Waals surface area contributed by atoms with Gasteiger partial charge in [-0.1, -0.05) is 18.2 Å². The Hall–Kier alpha value is -1.51. The Balaban J connectivity index is 2.83. The second-order valence-electron chi connectivity index (χ2n) is 4.88. The monoisotopic (exact) mass is 221 g/mol. The smallest absolute Gasteiger partial charge is 0.313 e. The van der Waals surface area contributed by atoms with Crippen LogP contribution < -0.4 is 5.73 Å². The van der Waals surface area contributed by atoms with Crippen LogP contribution in [0.4, 0.5) is 5.69 Å². The molecule has 0 saturated heterocycles. The van der Waals surface area contributed by atoms with Crippen molar-refractivity contribution in [1.29, 1.82) is 0 Å². The molecule has 0 radical (unpaired) electrons. The fourth-order valence-corrected chi connectivity index (χ4v) is 1.42. The third kappa shape index (κ3) is 3.26. The first-order valence-electron chi connectivity index (χ1n) is 5.38. The van der Waals surface area contributed by atoms with Crippen molar-refractivity contribution in [3.8, 4) is 0 Å². The molecule has 0 saturated carbocycles. The zero-order chi connectivity index (χ0) is 12.3. The van der Waals surface area contributed by atoms with E-state index in [0.29, 0.717) is 5.69 Å². The molecule has 2 N–H and O–H groups in total. The van der Waals surface area contributed by atoms with Gasteiger partial charge in [0.1, 0.15) is 5.60 Å². The minimum absolute atomic E-state index is 0.245. The Bertz CT molecular complexity index is 380. The lowest BCUT2D eigenvalue weighted by Crippen LogP contribution is -2.27. The summed E-state index contributed by atoms with van der Waals surface area (Å²) in [6.07, 6.45) is 0. The Labute approximate surface area is 96.6 Å². The van der Waals surface area contributed by atoms with E-state index in [9.17, 15) is 4.79 Å². The number of rotatable bonds is 2. The summed E-state index contributed by atoms with van der Waals surface area (Å²) < 4.78 is 5.31. The number of para-hydroxylation sites is 1. The summed E-state index contributed by atoms with van der Waals surface area (Å²) in [6, 6.07) is 7.35. The summed E-state index contributed by atoms with van der Waals surface area (Å²) in [5.74, 6) is -0.578. The third-order valence-electron chi connectivity index (χ3n) is 2.22. The fraction of sp³-hybridized carbons (Fsp3) is 0.462. The average Bonchev–Trinajstić information content (AvgIpc) is 2.15. The van der Waals surface area contributed by atoms with E-state index in [1.165, 1.54) is 0 Å². The van der Waals surface area contributed by atoms with Gasteiger partial charge in [-0.25, -0.2) is 0 Å². The van der Waals surface area contributed by atoms with E-state index in [1.807, 2.05) is 39.0 Å². The van der Waals surface area contributed by atoms with Crippen LogP contribution in [0.2, 0.25) is 0 Å². The molecule has 1 aromatic carbocycles. The molecule has 88 valence electrons. The van der Waals surface area contributed by atoms with E-state index in [-0.39, 0.29) is 11.9 Å². The number of carbonyl (C=O) groups is 1. The maximum Gasteiger partial charge on any atom is 0.313 e. The largest absolute Gasteiger partial charge is 0.460 e. The lowest BCUT2D eigenvalue weighted by Gasteiger charge is -2.22. The number of benzene rings is 1. The number of carbonyl (C=O) groups excluding carboxylic acids is 1. The number of nitrogen functional groups attached to an aromatic ring is 1. The lowest BCUT2D eigenvalue weighted by atomic mass is 9.99. The number of anilines is 1. The molecule has 3 heteroatoms. The van der Waals surface area contributed by atoms with Crippen molar-refractivity contribution in [1.82, 2.24) is 0 Å². The summed E-state index contributed by atoms with van der Waals surface area (Å²) in [4.78, 5) is 11.8. The van der Waals surface area contributed by atoms with E-state index in [0.717, 1.165) is 5.56 Å². The van der Waals surface area contributed by atoms with Gasteiger partial charge in [0.2, 0.25) is 0 Å². The van der Waals surface area contributed by atoms with Gasteiger partial charge in [-0.05, 0) is 39.3 Å². The molecule has 0 bridgehead atoms. The minimum Gasteiger partial charge on any atom is -0.460 e. The number of esters is 1. The van der Waals surface area contributed by atoms with Gasteiger partial charge in [0.15, 0.2) is 0 Å². The molecule has 0 heterocycles. The van der Waals surface area contributed by atoms with Gasteiger partial charge in [-0.2, -0.15) is 0 Å². The summed E-state index contributed by atoms with van der Waals surface area (Å²) in [5.41, 5.74) is 6.79. The fourth-order valence-electron chi connectivity index (χ4n) is 1.42. The molecular formula is C13H19NO2. The number of ether oxygens (including phenoxy) is 1. The second kappa shape index (κ2) is 4.56. The molecule has 16 heavy (non-hydrogen) atoms. The first kappa shape index (κ1) is 12.6. The minimum atomic E-state index is -0.463. The zero-order valence-electron chi connectivity index (χ0n) is 10.3. The maximum absolute atomic E-state index is 11.8. The van der Waals surface area contributed by atoms with Crippen molar-refractivity contribution in [3.05, 3.63) is 29.8 Å². The highest BCUT2D eigenvalue weighted by Crippen LogP contribution is 2.24. The molecule has 0 aliphatic carbocycles. The third-order valence-corrected chi connectivity index (χ3v) is 2.22. The number of hydrogen-bond acceptors (Lipinski definition) is 3. The van der Waals surface area contributed by atoms with Crippen LogP contribution in [0.1, 0.15) is 39.2 Å². The Kier molecular flexibility index (Phi) is 3.58. The molecule has 1 atom stereocenters. The summed E-state index contributed by atoms with van der Waals surface area (Å²) >= 11 is 0. The van der Waals surface area contributed by atoms with Crippen LogP contribution in [-0.2, 0) is 9.53 Å². The highest BCUT2D eigenvalue weighted by molar-refractivity contribution is 5.80. The molecule has 0 amide bonds. The molecule has 1 aromatic rings. The SMILES string of the molecule is CC(C(=O)OC(C)(C)C)c1ccccc1N. The molecular weight excluding hydrogens is 202 g/mol. The molecule has 0 aromatic heterocycles. The first-order chi connectivity index (χ1) is 7.31. The predicted octanol–water partition coefficient (Wildman–Crippen LogP) is 2.71. The quantitative estimate of drug-likeness (QED) is 0.617. The second-order valence-corrected chi connectivity index (χ2v) is 4.88. The molecule has 3 nitrogen and oxygen atoms in total. The number of hydrogen-bond donors (Lipinski definition) is 1. The highest BCUT2D eigenvalue weighted by atomic mass is 16.6. The normalized spacial score (nSPS) is 13.2. The van der Waals surface area contributed by atoms with E-state index in [2.05, 4.69) is 0 Å². The van der Waals surface area contributed by atoms with Gasteiger partial charge < -0.3 is 10.5 Å². The van der Waals surface area contributed by atoms with Crippen molar-refractivity contribution in [2.45, 2.75) is 39.2 Å². The standard InChI is InChI=1S/C13H19NO2/c1-9(12(15)16-13(2,3)4)10-7-5-6-8-11(10)14/h5-9H,14H2,1-4H3. The molecule has 0 spiro atoms. The summed E-state index contributed by atoms with van der Waals surface area (Å²) in [6.45, 7) is 7.36. The van der Waals surface area contributed by atoms with Crippen LogP contribution >= 0.6 is 0 Å². The van der Waals surface area contributed by atoms with E-state index in [1.54, 1.807) is 13.0 Å². The van der Waals surface area contributed by atoms with Crippen molar-refractivity contribution in [2.75, 3.05) is 5.73 Å². The van der Waals surface area contributed by atoms with Crippen molar-refractivity contribution >= 4 is 11.7 Å². The predicted molar refractivity (Wildman–Crippen MR) is 65.1 cm³/mol. The summed E-state index contributed by atoms with van der Waals surface area (Å²) in [5, 5.41) is 0. The summed E-state index contributed by atoms with van der Waals surface area (Å²) in [7, 11) is 0. The van der Waals surface area contributed by atoms with Gasteiger partial charge in [0, 0.05) is 5.69 Å². The average molecular weight is 221 g/mol. The van der Waals surface area contributed by atoms with Gasteiger partial charge in [0.05, 0.1) is 5.92 Å². The molecule has 0 fully saturated rings. The van der Waals surface area contributed by atoms with Crippen LogP contribution in [-0.4, -0.2) is 11.6 Å². The van der Waals surface area contributed by atoms with E-state index >= 15 is 0 Å². The van der Waals surface area contributed by atoms with Crippen LogP contribution in [0.25, 0.3) is 0 Å². The van der Waals surface area contributed by atoms with Crippen molar-refractivity contribution in [2.24, 2.45) is 0 Å². The molecule has 1 rings (SSSR count). The highest BCUT2D eigenvalue weighted by Gasteiger charge is 2.23. The Morgan fingerprint density at radius 1 is 1.31 bits per heavy atom. The lowest BCUT2D eigenvalue weighted by molar-refractivity contribution is -0.156. The Morgan fingerprint density at radius 3 is 2.38 bits per heavy atom. The van der Waals surface area contributed by atoms with Gasteiger partial charge >= 0.3 is 5.97 Å². The molecule has 1 unspecified atom stereocenters. The van der Waals surface area contributed by atoms with Crippen LogP contribution in [0.5, 0.6) is 0 Å². The van der Waals surface area contributed by atoms with E-state index in [4.69, 9.17) is 10.5 Å². The number of nitrogens with two attached hydrogens (primary N) is 1. The van der Waals surface area contributed by atoms with Gasteiger partial charge in [-0.15, -0.1) is 0 Å². The molecule has 0 aliphatic rings. The topological polar surface area (TPSA) is 52.3 Å². The zero-order valence-corrected chi connectivity index (χ0v) is 10.3.